The molecule has 4 rings (SSSR count). The predicted octanol–water partition coefficient (Wildman–Crippen LogP) is 6.05. The Morgan fingerprint density at radius 3 is 1.53 bits per heavy atom. The molecule has 1 unspecified atom stereocenters. The Hall–Kier alpha value is -7.14. The lowest BCUT2D eigenvalue weighted by molar-refractivity contribution is -0.142. The van der Waals surface area contributed by atoms with Crippen LogP contribution in [-0.2, 0) is 51.2 Å². The predicted molar refractivity (Wildman–Crippen MR) is 289 cm³/mol. The minimum atomic E-state index is -1.30. The Balaban J connectivity index is 1.07. The number of primary amides is 2. The van der Waals surface area contributed by atoms with Gasteiger partial charge >= 0.3 is 5.97 Å². The molecule has 6 atom stereocenters. The molecule has 4 aromatic carbocycles. The molecule has 17 nitrogen and oxygen atoms in total. The summed E-state index contributed by atoms with van der Waals surface area (Å²) in [6, 6.07) is 24.5. The highest BCUT2D eigenvalue weighted by Crippen LogP contribution is 2.22. The Labute approximate surface area is 441 Å². The van der Waals surface area contributed by atoms with E-state index in [-0.39, 0.29) is 43.9 Å². The molecule has 0 saturated heterocycles. The van der Waals surface area contributed by atoms with Crippen LogP contribution in [0.4, 0.5) is 0 Å². The smallest absolute Gasteiger partial charge is 0.326 e. The van der Waals surface area contributed by atoms with Crippen LogP contribution in [0.5, 0.6) is 0 Å². The zero-order chi connectivity index (χ0) is 54.7. The number of hydrogen-bond acceptors (Lipinski definition) is 9. The summed E-state index contributed by atoms with van der Waals surface area (Å²) in [7, 11) is 0. The van der Waals surface area contributed by atoms with Crippen LogP contribution < -0.4 is 38.1 Å². The second kappa shape index (κ2) is 32.2. The van der Waals surface area contributed by atoms with Gasteiger partial charge in [0.15, 0.2) is 0 Å². The zero-order valence-corrected chi connectivity index (χ0v) is 43.8. The van der Waals surface area contributed by atoms with Crippen molar-refractivity contribution >= 4 is 58.1 Å². The lowest BCUT2D eigenvalue weighted by Gasteiger charge is -2.27. The summed E-state index contributed by atoms with van der Waals surface area (Å²) in [6.07, 6.45) is 9.98. The molecule has 0 radical (unpaired) electrons. The molecule has 406 valence electrons. The van der Waals surface area contributed by atoms with Gasteiger partial charge in [-0.15, -0.1) is 0 Å². The van der Waals surface area contributed by atoms with E-state index in [0.29, 0.717) is 12.8 Å². The SMILES string of the molecule is CC(C)C[C@H](NC(=O)[C@@H](NC(=O)CCCCCCCCCCCCCCC(=O)N[C@@H](CC(N)=O)C(=O)N[C@@H](Cc1cccc2ccccc12)C(=O)O)C(C)O)C(=O)N[C@@H](Cc1ccc(-c2ccccc2)cc1)C(N)=O. The summed E-state index contributed by atoms with van der Waals surface area (Å²) >= 11 is 0. The second-order valence-electron chi connectivity index (χ2n) is 20.0. The van der Waals surface area contributed by atoms with E-state index in [2.05, 4.69) is 26.6 Å². The maximum Gasteiger partial charge on any atom is 0.326 e. The van der Waals surface area contributed by atoms with Crippen LogP contribution in [0, 0.1) is 5.92 Å². The summed E-state index contributed by atoms with van der Waals surface area (Å²) in [5, 5.41) is 35.3. The molecule has 17 heteroatoms. The molecule has 0 aromatic heterocycles. The van der Waals surface area contributed by atoms with Gasteiger partial charge in [-0.3, -0.25) is 33.6 Å². The number of amides is 7. The average Bonchev–Trinajstić information content (AvgIpc) is 3.37. The maximum absolute atomic E-state index is 13.6. The van der Waals surface area contributed by atoms with Crippen molar-refractivity contribution in [1.29, 1.82) is 0 Å². The lowest BCUT2D eigenvalue weighted by Crippen LogP contribution is -2.59. The van der Waals surface area contributed by atoms with Crippen molar-refractivity contribution in [2.24, 2.45) is 17.4 Å². The maximum atomic E-state index is 13.6. The van der Waals surface area contributed by atoms with Gasteiger partial charge in [0.1, 0.15) is 30.2 Å². The van der Waals surface area contributed by atoms with Crippen molar-refractivity contribution < 1.29 is 48.6 Å². The molecule has 0 heterocycles. The first kappa shape index (κ1) is 60.4. The molecular weight excluding hydrogens is 955 g/mol. The minimum Gasteiger partial charge on any atom is -0.480 e. The van der Waals surface area contributed by atoms with E-state index >= 15 is 0 Å². The number of aliphatic hydroxyl groups excluding tert-OH is 1. The fourth-order valence-electron chi connectivity index (χ4n) is 8.99. The molecule has 7 amide bonds. The zero-order valence-electron chi connectivity index (χ0n) is 43.8. The standard InChI is InChI=1S/C58H79N7O10/c1-38(2)34-47(55(71)62-46(54(60)70)35-40-30-32-42(33-31-40)41-22-15-14-16-23-41)63-57(73)53(39(3)66)65-52(69)29-18-13-11-9-7-5-4-6-8-10-12-17-28-51(68)61-48(37-50(59)67)56(72)64-49(58(74)75)36-44-26-21-25-43-24-19-20-27-45(43)44/h14-16,19-27,30-33,38-39,46-49,53,66H,4-13,17-18,28-29,34-37H2,1-3H3,(H2,59,67)(H2,60,70)(H,61,68)(H,62,71)(H,63,73)(H,64,72)(H,65,69)(H,74,75)/t39?,46-,47-,48-,49-,53-/m0/s1. The van der Waals surface area contributed by atoms with E-state index in [1.54, 1.807) is 6.07 Å². The largest absolute Gasteiger partial charge is 0.480 e. The second-order valence-corrected chi connectivity index (χ2v) is 20.0. The number of nitrogens with one attached hydrogen (secondary N) is 5. The first-order valence-electron chi connectivity index (χ1n) is 26.5. The molecule has 11 N–H and O–H groups in total. The molecule has 0 fully saturated rings. The van der Waals surface area contributed by atoms with Crippen molar-refractivity contribution in [2.45, 2.75) is 173 Å². The Bertz CT molecular complexity index is 2480. The number of benzene rings is 4. The van der Waals surface area contributed by atoms with Gasteiger partial charge in [-0.2, -0.15) is 0 Å². The van der Waals surface area contributed by atoms with E-state index in [0.717, 1.165) is 97.2 Å². The number of fused-ring (bicyclic) bond motifs is 1. The van der Waals surface area contributed by atoms with E-state index in [4.69, 9.17) is 11.5 Å². The van der Waals surface area contributed by atoms with Crippen LogP contribution in [0.15, 0.2) is 97.1 Å². The van der Waals surface area contributed by atoms with Crippen LogP contribution in [-0.4, -0.2) is 93.8 Å². The number of aliphatic carboxylic acids is 1. The number of rotatable bonds is 35. The van der Waals surface area contributed by atoms with Gasteiger partial charge in [0, 0.05) is 25.7 Å². The Kier molecular flexibility index (Phi) is 26.0. The quantitative estimate of drug-likeness (QED) is 0.0241. The summed E-state index contributed by atoms with van der Waals surface area (Å²) in [4.78, 5) is 102. The molecule has 0 aliphatic carbocycles. The van der Waals surface area contributed by atoms with Crippen molar-refractivity contribution in [1.82, 2.24) is 26.6 Å². The van der Waals surface area contributed by atoms with Gasteiger partial charge in [0.05, 0.1) is 12.5 Å². The fraction of sp³-hybridized carbons (Fsp3) is 0.483. The molecule has 75 heavy (non-hydrogen) atoms. The number of unbranched alkanes of at least 4 members (excludes halogenated alkanes) is 11. The topological polar surface area (TPSA) is 289 Å². The first-order chi connectivity index (χ1) is 35.9. The van der Waals surface area contributed by atoms with E-state index < -0.39 is 84.1 Å². The summed E-state index contributed by atoms with van der Waals surface area (Å²) in [6.45, 7) is 5.16. The highest BCUT2D eigenvalue weighted by Gasteiger charge is 2.32. The molecule has 0 spiro atoms. The van der Waals surface area contributed by atoms with Crippen LogP contribution >= 0.6 is 0 Å². The van der Waals surface area contributed by atoms with E-state index in [1.807, 2.05) is 105 Å². The Morgan fingerprint density at radius 1 is 0.493 bits per heavy atom. The highest BCUT2D eigenvalue weighted by molar-refractivity contribution is 5.95. The highest BCUT2D eigenvalue weighted by atomic mass is 16.4. The molecule has 0 aliphatic rings. The molecule has 4 aromatic rings. The number of carboxylic acid groups (broad SMARTS) is 1. The van der Waals surface area contributed by atoms with E-state index in [9.17, 15) is 48.6 Å². The number of nitrogens with two attached hydrogens (primary N) is 2. The van der Waals surface area contributed by atoms with Crippen LogP contribution in [0.25, 0.3) is 21.9 Å². The lowest BCUT2D eigenvalue weighted by atomic mass is 9.98. The van der Waals surface area contributed by atoms with Crippen LogP contribution in [0.1, 0.15) is 135 Å². The third-order valence-corrected chi connectivity index (χ3v) is 13.1. The van der Waals surface area contributed by atoms with Crippen molar-refractivity contribution in [3.05, 3.63) is 108 Å². The number of carbonyl (C=O) groups is 8. The van der Waals surface area contributed by atoms with Gasteiger partial charge in [-0.05, 0) is 65.1 Å². The molecule has 0 saturated carbocycles. The fourth-order valence-corrected chi connectivity index (χ4v) is 8.99. The summed E-state index contributed by atoms with van der Waals surface area (Å²) in [5.41, 5.74) is 14.6. The number of carbonyl (C=O) groups excluding carboxylic acids is 7. The average molecular weight is 1030 g/mol. The van der Waals surface area contributed by atoms with Crippen molar-refractivity contribution in [3.63, 3.8) is 0 Å². The third-order valence-electron chi connectivity index (χ3n) is 13.1. The molecular formula is C58H79N7O10. The number of aliphatic hydroxyl groups is 1. The minimum absolute atomic E-state index is 0.00548. The monoisotopic (exact) mass is 1030 g/mol. The molecule has 0 bridgehead atoms. The first-order valence-corrected chi connectivity index (χ1v) is 26.5. The Morgan fingerprint density at radius 2 is 0.987 bits per heavy atom. The normalized spacial score (nSPS) is 13.6. The van der Waals surface area contributed by atoms with Crippen molar-refractivity contribution in [2.75, 3.05) is 0 Å². The summed E-state index contributed by atoms with van der Waals surface area (Å²) < 4.78 is 0. The third kappa shape index (κ3) is 22.1. The van der Waals surface area contributed by atoms with Gasteiger partial charge in [0.25, 0.3) is 0 Å². The van der Waals surface area contributed by atoms with Gasteiger partial charge in [-0.25, -0.2) is 4.79 Å². The number of hydrogen-bond donors (Lipinski definition) is 9. The van der Waals surface area contributed by atoms with Gasteiger partial charge < -0.3 is 48.3 Å². The van der Waals surface area contributed by atoms with Gasteiger partial charge in [-0.1, -0.05) is 175 Å². The van der Waals surface area contributed by atoms with Crippen LogP contribution in [0.3, 0.4) is 0 Å². The molecule has 0 aliphatic heterocycles. The van der Waals surface area contributed by atoms with Crippen molar-refractivity contribution in [3.8, 4) is 11.1 Å². The van der Waals surface area contributed by atoms with Gasteiger partial charge in [0.2, 0.25) is 41.4 Å². The van der Waals surface area contributed by atoms with E-state index in [1.165, 1.54) is 6.92 Å². The van der Waals surface area contributed by atoms with Crippen LogP contribution in [0.2, 0.25) is 0 Å². The number of carboxylic acids is 1. The summed E-state index contributed by atoms with van der Waals surface area (Å²) in [5.74, 6) is -5.72.